The van der Waals surface area contributed by atoms with Crippen LogP contribution in [-0.2, 0) is 9.53 Å². The molecule has 152 valence electrons. The van der Waals surface area contributed by atoms with Crippen LogP contribution >= 0.6 is 0 Å². The van der Waals surface area contributed by atoms with Crippen LogP contribution in [0.3, 0.4) is 0 Å². The number of nitrogens with zero attached hydrogens (tertiary/aromatic N) is 2. The highest BCUT2D eigenvalue weighted by Crippen LogP contribution is 2.26. The Morgan fingerprint density at radius 3 is 2.31 bits per heavy atom. The van der Waals surface area contributed by atoms with E-state index in [1.54, 1.807) is 0 Å². The number of anilines is 3. The topological polar surface area (TPSA) is 61.9 Å². The molecule has 0 spiro atoms. The van der Waals surface area contributed by atoms with E-state index in [9.17, 15) is 9.59 Å². The van der Waals surface area contributed by atoms with Crippen molar-refractivity contribution >= 4 is 29.3 Å². The van der Waals surface area contributed by atoms with Crippen LogP contribution < -0.4 is 15.1 Å². The van der Waals surface area contributed by atoms with Crippen molar-refractivity contribution in [1.82, 2.24) is 0 Å². The van der Waals surface area contributed by atoms with Crippen LogP contribution in [0.4, 0.5) is 17.1 Å². The van der Waals surface area contributed by atoms with Gasteiger partial charge in [-0.25, -0.2) is 0 Å². The molecule has 2 aliphatic heterocycles. The summed E-state index contributed by atoms with van der Waals surface area (Å²) in [6.07, 6.45) is 2.50. The van der Waals surface area contributed by atoms with E-state index >= 15 is 0 Å². The van der Waals surface area contributed by atoms with Crippen molar-refractivity contribution in [2.24, 2.45) is 5.92 Å². The quantitative estimate of drug-likeness (QED) is 0.791. The first kappa shape index (κ1) is 19.5. The summed E-state index contributed by atoms with van der Waals surface area (Å²) in [6, 6.07) is 15.7. The van der Waals surface area contributed by atoms with E-state index in [0.717, 1.165) is 75.6 Å². The standard InChI is InChI=1S/C23H27N3O3/c27-17-18-4-6-21(7-5-18)25-10-8-19(9-11-25)23(28)24-20-2-1-3-22(16-20)26-12-14-29-15-13-26/h1-7,16-17,19H,8-15H2,(H,24,28). The van der Waals surface area contributed by atoms with E-state index in [-0.39, 0.29) is 11.8 Å². The molecule has 2 heterocycles. The number of aldehydes is 1. The van der Waals surface area contributed by atoms with E-state index in [1.165, 1.54) is 0 Å². The van der Waals surface area contributed by atoms with Crippen molar-refractivity contribution in [2.45, 2.75) is 12.8 Å². The van der Waals surface area contributed by atoms with Crippen LogP contribution in [0.5, 0.6) is 0 Å². The predicted octanol–water partition coefficient (Wildman–Crippen LogP) is 3.19. The maximum atomic E-state index is 12.8. The molecule has 0 saturated carbocycles. The van der Waals surface area contributed by atoms with Crippen molar-refractivity contribution < 1.29 is 14.3 Å². The molecule has 6 nitrogen and oxygen atoms in total. The van der Waals surface area contributed by atoms with Crippen molar-refractivity contribution in [3.05, 3.63) is 54.1 Å². The summed E-state index contributed by atoms with van der Waals surface area (Å²) in [5.41, 5.74) is 3.76. The van der Waals surface area contributed by atoms with E-state index in [0.29, 0.717) is 5.56 Å². The molecule has 2 fully saturated rings. The Kier molecular flexibility index (Phi) is 6.10. The zero-order valence-electron chi connectivity index (χ0n) is 16.5. The number of hydrogen-bond donors (Lipinski definition) is 1. The molecule has 4 rings (SSSR count). The number of piperidine rings is 1. The summed E-state index contributed by atoms with van der Waals surface area (Å²) in [4.78, 5) is 28.1. The zero-order chi connectivity index (χ0) is 20.1. The molecule has 2 aromatic carbocycles. The molecule has 2 aliphatic rings. The molecule has 2 saturated heterocycles. The summed E-state index contributed by atoms with van der Waals surface area (Å²) >= 11 is 0. The largest absolute Gasteiger partial charge is 0.378 e. The van der Waals surface area contributed by atoms with Gasteiger partial charge in [0.05, 0.1) is 13.2 Å². The molecule has 6 heteroatoms. The van der Waals surface area contributed by atoms with Crippen LogP contribution in [0.1, 0.15) is 23.2 Å². The van der Waals surface area contributed by atoms with Crippen molar-refractivity contribution in [1.29, 1.82) is 0 Å². The molecule has 0 bridgehead atoms. The van der Waals surface area contributed by atoms with Gasteiger partial charge in [-0.1, -0.05) is 6.07 Å². The Morgan fingerprint density at radius 1 is 0.931 bits per heavy atom. The maximum Gasteiger partial charge on any atom is 0.227 e. The average Bonchev–Trinajstić information content (AvgIpc) is 2.80. The number of benzene rings is 2. The van der Waals surface area contributed by atoms with Gasteiger partial charge < -0.3 is 19.9 Å². The molecule has 2 aromatic rings. The van der Waals surface area contributed by atoms with Gasteiger partial charge >= 0.3 is 0 Å². The maximum absolute atomic E-state index is 12.8. The van der Waals surface area contributed by atoms with Crippen molar-refractivity contribution in [3.8, 4) is 0 Å². The molecular formula is C23H27N3O3. The second kappa shape index (κ2) is 9.09. The minimum atomic E-state index is 0.0209. The van der Waals surface area contributed by atoms with Gasteiger partial charge in [0.2, 0.25) is 5.91 Å². The number of carbonyl (C=O) groups excluding carboxylic acids is 2. The first-order valence-corrected chi connectivity index (χ1v) is 10.3. The highest BCUT2D eigenvalue weighted by molar-refractivity contribution is 5.93. The van der Waals surface area contributed by atoms with Crippen molar-refractivity contribution in [2.75, 3.05) is 54.5 Å². The third-order valence-corrected chi connectivity index (χ3v) is 5.75. The minimum Gasteiger partial charge on any atom is -0.378 e. The molecule has 1 N–H and O–H groups in total. The van der Waals surface area contributed by atoms with Gasteiger partial charge in [0, 0.05) is 54.7 Å². The lowest BCUT2D eigenvalue weighted by Gasteiger charge is -2.33. The fourth-order valence-electron chi connectivity index (χ4n) is 4.01. The lowest BCUT2D eigenvalue weighted by Crippen LogP contribution is -2.38. The fourth-order valence-corrected chi connectivity index (χ4v) is 4.01. The van der Waals surface area contributed by atoms with E-state index in [2.05, 4.69) is 21.2 Å². The molecule has 0 unspecified atom stereocenters. The van der Waals surface area contributed by atoms with Gasteiger partial charge in [-0.3, -0.25) is 9.59 Å². The van der Waals surface area contributed by atoms with E-state index in [4.69, 9.17) is 4.74 Å². The first-order valence-electron chi connectivity index (χ1n) is 10.3. The number of rotatable bonds is 5. The van der Waals surface area contributed by atoms with Gasteiger partial charge in [0.15, 0.2) is 0 Å². The van der Waals surface area contributed by atoms with Gasteiger partial charge in [-0.15, -0.1) is 0 Å². The van der Waals surface area contributed by atoms with Crippen LogP contribution in [0.15, 0.2) is 48.5 Å². The number of hydrogen-bond acceptors (Lipinski definition) is 5. The summed E-state index contributed by atoms with van der Waals surface area (Å²) in [7, 11) is 0. The fraction of sp³-hybridized carbons (Fsp3) is 0.391. The monoisotopic (exact) mass is 393 g/mol. The third-order valence-electron chi connectivity index (χ3n) is 5.75. The molecule has 0 radical (unpaired) electrons. The Balaban J connectivity index is 1.32. The second-order valence-corrected chi connectivity index (χ2v) is 7.61. The average molecular weight is 393 g/mol. The Morgan fingerprint density at radius 2 is 1.62 bits per heavy atom. The molecule has 1 amide bonds. The first-order chi connectivity index (χ1) is 14.2. The summed E-state index contributed by atoms with van der Waals surface area (Å²) in [5, 5.41) is 3.11. The Labute approximate surface area is 171 Å². The normalized spacial score (nSPS) is 17.8. The number of carbonyl (C=O) groups is 2. The van der Waals surface area contributed by atoms with Crippen LogP contribution in [0, 0.1) is 5.92 Å². The summed E-state index contributed by atoms with van der Waals surface area (Å²) in [5.74, 6) is 0.118. The Bertz CT molecular complexity index is 839. The van der Waals surface area contributed by atoms with Crippen molar-refractivity contribution in [3.63, 3.8) is 0 Å². The number of amides is 1. The molecule has 29 heavy (non-hydrogen) atoms. The lowest BCUT2D eigenvalue weighted by atomic mass is 9.95. The Hall–Kier alpha value is -2.86. The minimum absolute atomic E-state index is 0.0209. The van der Waals surface area contributed by atoms with E-state index in [1.807, 2.05) is 42.5 Å². The number of morpholine rings is 1. The summed E-state index contributed by atoms with van der Waals surface area (Å²) in [6.45, 7) is 4.92. The van der Waals surface area contributed by atoms with Crippen LogP contribution in [0.2, 0.25) is 0 Å². The van der Waals surface area contributed by atoms with Gasteiger partial charge in [0.25, 0.3) is 0 Å². The predicted molar refractivity (Wildman–Crippen MR) is 115 cm³/mol. The second-order valence-electron chi connectivity index (χ2n) is 7.61. The van der Waals surface area contributed by atoms with Gasteiger partial charge in [-0.05, 0) is 55.3 Å². The molecule has 0 atom stereocenters. The highest BCUT2D eigenvalue weighted by atomic mass is 16.5. The third kappa shape index (κ3) is 4.77. The van der Waals surface area contributed by atoms with Gasteiger partial charge in [-0.2, -0.15) is 0 Å². The molecular weight excluding hydrogens is 366 g/mol. The van der Waals surface area contributed by atoms with Gasteiger partial charge in [0.1, 0.15) is 6.29 Å². The zero-order valence-corrected chi connectivity index (χ0v) is 16.5. The smallest absolute Gasteiger partial charge is 0.227 e. The van der Waals surface area contributed by atoms with Crippen LogP contribution in [-0.4, -0.2) is 51.6 Å². The molecule has 0 aromatic heterocycles. The highest BCUT2D eigenvalue weighted by Gasteiger charge is 2.25. The van der Waals surface area contributed by atoms with Crippen LogP contribution in [0.25, 0.3) is 0 Å². The molecule has 0 aliphatic carbocycles. The SMILES string of the molecule is O=Cc1ccc(N2CCC(C(=O)Nc3cccc(N4CCOCC4)c3)CC2)cc1. The summed E-state index contributed by atoms with van der Waals surface area (Å²) < 4.78 is 5.42. The lowest BCUT2D eigenvalue weighted by molar-refractivity contribution is -0.120. The number of ether oxygens (including phenoxy) is 1. The van der Waals surface area contributed by atoms with E-state index < -0.39 is 0 Å². The number of nitrogens with one attached hydrogen (secondary N) is 1.